The predicted molar refractivity (Wildman–Crippen MR) is 99.7 cm³/mol. The fourth-order valence-electron chi connectivity index (χ4n) is 3.42. The summed E-state index contributed by atoms with van der Waals surface area (Å²) in [7, 11) is 0. The second kappa shape index (κ2) is 6.56. The SMILES string of the molecule is Cc1nonc1Cc1nc(C(C)(C)C)nc2nc(N3CCC[C@@H]3CO)[nH]c12. The number of aliphatic hydroxyl groups excluding tert-OH is 1. The molecule has 9 nitrogen and oxygen atoms in total. The van der Waals surface area contributed by atoms with E-state index in [1.807, 2.05) is 6.92 Å². The lowest BCUT2D eigenvalue weighted by Gasteiger charge is -2.21. The molecule has 1 atom stereocenters. The molecule has 1 aliphatic rings. The molecular weight excluding hydrogens is 346 g/mol. The van der Waals surface area contributed by atoms with Crippen LogP contribution in [0.1, 0.15) is 56.5 Å². The summed E-state index contributed by atoms with van der Waals surface area (Å²) in [6.07, 6.45) is 2.49. The van der Waals surface area contributed by atoms with Crippen molar-refractivity contribution in [3.63, 3.8) is 0 Å². The number of rotatable bonds is 4. The fraction of sp³-hybridized carbons (Fsp3) is 0.611. The molecule has 27 heavy (non-hydrogen) atoms. The third-order valence-corrected chi connectivity index (χ3v) is 5.03. The number of nitrogens with one attached hydrogen (secondary N) is 1. The molecule has 0 bridgehead atoms. The van der Waals surface area contributed by atoms with Crippen molar-refractivity contribution in [1.82, 2.24) is 30.2 Å². The Hall–Kier alpha value is -2.55. The number of hydrogen-bond donors (Lipinski definition) is 2. The van der Waals surface area contributed by atoms with E-state index in [2.05, 4.69) is 41.0 Å². The summed E-state index contributed by atoms with van der Waals surface area (Å²) in [5.74, 6) is 1.47. The molecule has 2 N–H and O–H groups in total. The number of aromatic nitrogens is 6. The molecule has 1 saturated heterocycles. The van der Waals surface area contributed by atoms with E-state index in [1.54, 1.807) is 0 Å². The van der Waals surface area contributed by atoms with Crippen LogP contribution in [0.4, 0.5) is 5.95 Å². The quantitative estimate of drug-likeness (QED) is 0.714. The monoisotopic (exact) mass is 371 g/mol. The standard InChI is InChI=1S/C18H25N7O2/c1-10-12(24-27-23-10)8-13-14-15(21-16(19-13)18(2,3)4)22-17(20-14)25-7-5-6-11(25)9-26/h11,26H,5-9H2,1-4H3,(H,19,20,21,22)/t11-/m1/s1. The highest BCUT2D eigenvalue weighted by molar-refractivity contribution is 5.76. The van der Waals surface area contributed by atoms with Gasteiger partial charge in [0.2, 0.25) is 5.95 Å². The first-order chi connectivity index (χ1) is 12.9. The molecule has 0 aliphatic carbocycles. The molecule has 1 aliphatic heterocycles. The van der Waals surface area contributed by atoms with Crippen LogP contribution in [-0.4, -0.2) is 54.5 Å². The lowest BCUT2D eigenvalue weighted by molar-refractivity contribution is 0.265. The summed E-state index contributed by atoms with van der Waals surface area (Å²) >= 11 is 0. The van der Waals surface area contributed by atoms with E-state index in [4.69, 9.17) is 19.6 Å². The van der Waals surface area contributed by atoms with Gasteiger partial charge in [-0.2, -0.15) is 4.98 Å². The van der Waals surface area contributed by atoms with Gasteiger partial charge in [-0.25, -0.2) is 14.6 Å². The zero-order chi connectivity index (χ0) is 19.2. The van der Waals surface area contributed by atoms with Crippen molar-refractivity contribution in [3.05, 3.63) is 22.9 Å². The number of hydrogen-bond acceptors (Lipinski definition) is 8. The van der Waals surface area contributed by atoms with E-state index < -0.39 is 0 Å². The van der Waals surface area contributed by atoms with Gasteiger partial charge in [-0.1, -0.05) is 31.1 Å². The van der Waals surface area contributed by atoms with E-state index in [-0.39, 0.29) is 18.1 Å². The Labute approximate surface area is 157 Å². The molecule has 3 aromatic heterocycles. The molecule has 0 unspecified atom stereocenters. The first-order valence-electron chi connectivity index (χ1n) is 9.29. The van der Waals surface area contributed by atoms with Crippen LogP contribution < -0.4 is 4.90 Å². The van der Waals surface area contributed by atoms with Crippen molar-refractivity contribution >= 4 is 17.1 Å². The van der Waals surface area contributed by atoms with E-state index in [0.717, 1.165) is 53.8 Å². The molecule has 9 heteroatoms. The lowest BCUT2D eigenvalue weighted by atomic mass is 9.95. The van der Waals surface area contributed by atoms with Gasteiger partial charge < -0.3 is 15.0 Å². The predicted octanol–water partition coefficient (Wildman–Crippen LogP) is 1.89. The number of nitrogens with zero attached hydrogens (tertiary/aromatic N) is 6. The van der Waals surface area contributed by atoms with E-state index in [0.29, 0.717) is 12.1 Å². The zero-order valence-electron chi connectivity index (χ0n) is 16.2. The highest BCUT2D eigenvalue weighted by Gasteiger charge is 2.28. The highest BCUT2D eigenvalue weighted by atomic mass is 16.6. The third-order valence-electron chi connectivity index (χ3n) is 5.03. The molecule has 1 fully saturated rings. The van der Waals surface area contributed by atoms with Gasteiger partial charge in [-0.05, 0) is 19.8 Å². The number of fused-ring (bicyclic) bond motifs is 1. The summed E-state index contributed by atoms with van der Waals surface area (Å²) in [6, 6.07) is 0.0889. The maximum Gasteiger partial charge on any atom is 0.205 e. The average Bonchev–Trinajstić information content (AvgIpc) is 3.33. The number of aromatic amines is 1. The van der Waals surface area contributed by atoms with Gasteiger partial charge in [0.1, 0.15) is 22.7 Å². The van der Waals surface area contributed by atoms with Crippen molar-refractivity contribution in [1.29, 1.82) is 0 Å². The average molecular weight is 371 g/mol. The van der Waals surface area contributed by atoms with E-state index in [9.17, 15) is 5.11 Å². The van der Waals surface area contributed by atoms with Gasteiger partial charge in [0.25, 0.3) is 0 Å². The van der Waals surface area contributed by atoms with Gasteiger partial charge in [-0.15, -0.1) is 0 Å². The molecule has 4 rings (SSSR count). The largest absolute Gasteiger partial charge is 0.394 e. The van der Waals surface area contributed by atoms with Crippen LogP contribution in [0, 0.1) is 6.92 Å². The van der Waals surface area contributed by atoms with Crippen molar-refractivity contribution in [2.75, 3.05) is 18.1 Å². The van der Waals surface area contributed by atoms with Crippen molar-refractivity contribution in [3.8, 4) is 0 Å². The van der Waals surface area contributed by atoms with Gasteiger partial charge in [0.05, 0.1) is 18.3 Å². The zero-order valence-corrected chi connectivity index (χ0v) is 16.2. The van der Waals surface area contributed by atoms with Crippen molar-refractivity contribution in [2.24, 2.45) is 0 Å². The lowest BCUT2D eigenvalue weighted by Crippen LogP contribution is -2.32. The van der Waals surface area contributed by atoms with Gasteiger partial charge >= 0.3 is 0 Å². The number of imidazole rings is 1. The summed E-state index contributed by atoms with van der Waals surface area (Å²) < 4.78 is 4.84. The molecule has 4 heterocycles. The molecule has 0 radical (unpaired) electrons. The van der Waals surface area contributed by atoms with Gasteiger partial charge in [-0.3, -0.25) is 0 Å². The fourth-order valence-corrected chi connectivity index (χ4v) is 3.42. The topological polar surface area (TPSA) is 117 Å². The minimum Gasteiger partial charge on any atom is -0.394 e. The molecule has 0 aromatic carbocycles. The van der Waals surface area contributed by atoms with Gasteiger partial charge in [0, 0.05) is 18.4 Å². The number of aryl methyl sites for hydroxylation is 1. The minimum absolute atomic E-state index is 0.0889. The van der Waals surface area contributed by atoms with Crippen LogP contribution >= 0.6 is 0 Å². The first kappa shape index (κ1) is 17.8. The molecular formula is C18H25N7O2. The highest BCUT2D eigenvalue weighted by Crippen LogP contribution is 2.28. The van der Waals surface area contributed by atoms with Crippen LogP contribution in [0.3, 0.4) is 0 Å². The van der Waals surface area contributed by atoms with E-state index in [1.165, 1.54) is 0 Å². The molecule has 3 aromatic rings. The molecule has 144 valence electrons. The van der Waals surface area contributed by atoms with Gasteiger partial charge in [0.15, 0.2) is 5.65 Å². The van der Waals surface area contributed by atoms with Crippen LogP contribution in [0.15, 0.2) is 4.63 Å². The first-order valence-corrected chi connectivity index (χ1v) is 9.29. The Morgan fingerprint density at radius 1 is 1.19 bits per heavy atom. The number of anilines is 1. The Kier molecular flexibility index (Phi) is 4.33. The molecule has 0 amide bonds. The number of aliphatic hydroxyl groups is 1. The second-order valence-corrected chi connectivity index (χ2v) is 8.15. The van der Waals surface area contributed by atoms with E-state index >= 15 is 0 Å². The maximum atomic E-state index is 9.64. The summed E-state index contributed by atoms with van der Waals surface area (Å²) in [4.78, 5) is 19.7. The number of H-pyrrole nitrogens is 1. The summed E-state index contributed by atoms with van der Waals surface area (Å²) in [6.45, 7) is 9.09. The van der Waals surface area contributed by atoms with Crippen LogP contribution in [-0.2, 0) is 11.8 Å². The third kappa shape index (κ3) is 3.27. The second-order valence-electron chi connectivity index (χ2n) is 8.15. The normalized spacial score (nSPS) is 18.0. The minimum atomic E-state index is -0.208. The molecule has 0 spiro atoms. The summed E-state index contributed by atoms with van der Waals surface area (Å²) in [5.41, 5.74) is 3.54. The van der Waals surface area contributed by atoms with Crippen LogP contribution in [0.5, 0.6) is 0 Å². The maximum absolute atomic E-state index is 9.64. The smallest absolute Gasteiger partial charge is 0.205 e. The van der Waals surface area contributed by atoms with Crippen molar-refractivity contribution < 1.29 is 9.74 Å². The van der Waals surface area contributed by atoms with Crippen LogP contribution in [0.2, 0.25) is 0 Å². The van der Waals surface area contributed by atoms with Crippen LogP contribution in [0.25, 0.3) is 11.2 Å². The Morgan fingerprint density at radius 3 is 2.67 bits per heavy atom. The molecule has 0 saturated carbocycles. The summed E-state index contributed by atoms with van der Waals surface area (Å²) in [5, 5.41) is 17.5. The van der Waals surface area contributed by atoms with Crippen molar-refractivity contribution in [2.45, 2.75) is 58.4 Å². The Balaban J connectivity index is 1.82. The Morgan fingerprint density at radius 2 is 2.00 bits per heavy atom. The Bertz CT molecular complexity index is 956.